The van der Waals surface area contributed by atoms with Crippen LogP contribution < -0.4 is 16.2 Å². The molecule has 1 unspecified atom stereocenters. The number of ether oxygens (including phenoxy) is 1. The highest BCUT2D eigenvalue weighted by Gasteiger charge is 2.13. The molecule has 8 heteroatoms. The Kier molecular flexibility index (Phi) is 4.55. The molecule has 1 rings (SSSR count). The summed E-state index contributed by atoms with van der Waals surface area (Å²) in [7, 11) is 0. The molecule has 0 saturated carbocycles. The van der Waals surface area contributed by atoms with Crippen molar-refractivity contribution in [3.63, 3.8) is 0 Å². The number of halogens is 1. The molecule has 0 bridgehead atoms. The maximum absolute atomic E-state index is 13.3. The first-order valence-corrected chi connectivity index (χ1v) is 5.03. The van der Waals surface area contributed by atoms with Crippen molar-refractivity contribution < 1.29 is 18.8 Å². The summed E-state index contributed by atoms with van der Waals surface area (Å²) >= 11 is 0. The van der Waals surface area contributed by atoms with Gasteiger partial charge in [-0.3, -0.25) is 14.9 Å². The molecule has 1 aromatic carbocycles. The summed E-state index contributed by atoms with van der Waals surface area (Å²) in [6, 6.07) is 2.14. The lowest BCUT2D eigenvalue weighted by Gasteiger charge is -2.09. The summed E-state index contributed by atoms with van der Waals surface area (Å²) in [5.74, 6) is -1.67. The van der Waals surface area contributed by atoms with Crippen LogP contribution in [0.3, 0.4) is 0 Å². The summed E-state index contributed by atoms with van der Waals surface area (Å²) in [6.07, 6.45) is 0.131. The van der Waals surface area contributed by atoms with Gasteiger partial charge < -0.3 is 16.2 Å². The third-order valence-electron chi connectivity index (χ3n) is 2.18. The number of primary amides is 1. The van der Waals surface area contributed by atoms with E-state index >= 15 is 0 Å². The number of hydrogen-bond donors (Lipinski definition) is 2. The Hall–Kier alpha value is -2.22. The number of non-ortho nitro benzene ring substituents is 1. The molecule has 1 atom stereocenters. The predicted octanol–water partition coefficient (Wildman–Crippen LogP) is 0.315. The van der Waals surface area contributed by atoms with Gasteiger partial charge in [0.25, 0.3) is 5.69 Å². The lowest BCUT2D eigenvalue weighted by molar-refractivity contribution is -0.385. The molecule has 0 saturated heterocycles. The molecule has 0 aliphatic carbocycles. The van der Waals surface area contributed by atoms with Crippen molar-refractivity contribution in [3.8, 4) is 5.75 Å². The van der Waals surface area contributed by atoms with Gasteiger partial charge in [0.2, 0.25) is 5.91 Å². The Morgan fingerprint density at radius 1 is 1.56 bits per heavy atom. The van der Waals surface area contributed by atoms with Gasteiger partial charge in [-0.15, -0.1) is 0 Å². The topological polar surface area (TPSA) is 121 Å². The lowest BCUT2D eigenvalue weighted by atomic mass is 10.2. The van der Waals surface area contributed by atoms with Crippen molar-refractivity contribution in [2.45, 2.75) is 12.5 Å². The average molecular weight is 257 g/mol. The van der Waals surface area contributed by atoms with E-state index in [-0.39, 0.29) is 24.5 Å². The van der Waals surface area contributed by atoms with Crippen LogP contribution in [0.25, 0.3) is 0 Å². The molecule has 98 valence electrons. The first-order chi connectivity index (χ1) is 8.41. The van der Waals surface area contributed by atoms with E-state index in [0.717, 1.165) is 18.2 Å². The quantitative estimate of drug-likeness (QED) is 0.561. The van der Waals surface area contributed by atoms with Crippen molar-refractivity contribution in [2.24, 2.45) is 11.5 Å². The highest BCUT2D eigenvalue weighted by Crippen LogP contribution is 2.22. The van der Waals surface area contributed by atoms with Crippen molar-refractivity contribution in [2.75, 3.05) is 6.61 Å². The zero-order valence-electron chi connectivity index (χ0n) is 9.34. The van der Waals surface area contributed by atoms with Crippen LogP contribution in [-0.2, 0) is 4.79 Å². The molecule has 18 heavy (non-hydrogen) atoms. The van der Waals surface area contributed by atoms with Gasteiger partial charge in [-0.1, -0.05) is 0 Å². The number of nitro groups is 1. The Morgan fingerprint density at radius 3 is 2.72 bits per heavy atom. The van der Waals surface area contributed by atoms with Crippen LogP contribution in [0.15, 0.2) is 18.2 Å². The molecule has 0 fully saturated rings. The molecular formula is C10H12FN3O4. The third-order valence-corrected chi connectivity index (χ3v) is 2.18. The number of rotatable bonds is 6. The van der Waals surface area contributed by atoms with E-state index in [1.54, 1.807) is 0 Å². The summed E-state index contributed by atoms with van der Waals surface area (Å²) < 4.78 is 18.3. The van der Waals surface area contributed by atoms with E-state index in [1.165, 1.54) is 0 Å². The highest BCUT2D eigenvalue weighted by atomic mass is 19.1. The van der Waals surface area contributed by atoms with Gasteiger partial charge in [0, 0.05) is 12.5 Å². The zero-order chi connectivity index (χ0) is 13.7. The minimum absolute atomic E-state index is 0.0150. The van der Waals surface area contributed by atoms with Crippen LogP contribution in [0.2, 0.25) is 0 Å². The largest absolute Gasteiger partial charge is 0.490 e. The Morgan fingerprint density at radius 2 is 2.22 bits per heavy atom. The molecule has 7 nitrogen and oxygen atoms in total. The maximum atomic E-state index is 13.3. The SMILES string of the molecule is NC(=O)C(N)CCOc1ccc([N+](=O)[O-])cc1F. The number of nitrogens with zero attached hydrogens (tertiary/aromatic N) is 1. The molecule has 4 N–H and O–H groups in total. The van der Waals surface area contributed by atoms with Crippen LogP contribution in [0.5, 0.6) is 5.75 Å². The van der Waals surface area contributed by atoms with E-state index in [0.29, 0.717) is 0 Å². The monoisotopic (exact) mass is 257 g/mol. The van der Waals surface area contributed by atoms with Crippen molar-refractivity contribution in [1.29, 1.82) is 0 Å². The van der Waals surface area contributed by atoms with E-state index in [2.05, 4.69) is 0 Å². The Bertz CT molecular complexity index is 466. The van der Waals surface area contributed by atoms with E-state index < -0.39 is 22.7 Å². The minimum Gasteiger partial charge on any atom is -0.490 e. The number of hydrogen-bond acceptors (Lipinski definition) is 5. The van der Waals surface area contributed by atoms with Crippen LogP contribution in [0.4, 0.5) is 10.1 Å². The van der Waals surface area contributed by atoms with Crippen molar-refractivity contribution in [3.05, 3.63) is 34.1 Å². The van der Waals surface area contributed by atoms with Crippen molar-refractivity contribution in [1.82, 2.24) is 0 Å². The molecule has 0 heterocycles. The smallest absolute Gasteiger partial charge is 0.272 e. The standard InChI is InChI=1S/C10H12FN3O4/c11-7-5-6(14(16)17)1-2-9(7)18-4-3-8(12)10(13)15/h1-2,5,8H,3-4,12H2,(H2,13,15). The molecule has 0 aliphatic heterocycles. The predicted molar refractivity (Wildman–Crippen MR) is 60.3 cm³/mol. The number of nitro benzene ring substituents is 1. The fourth-order valence-corrected chi connectivity index (χ4v) is 1.16. The van der Waals surface area contributed by atoms with Crippen LogP contribution in [0.1, 0.15) is 6.42 Å². The van der Waals surface area contributed by atoms with E-state index in [1.807, 2.05) is 0 Å². The van der Waals surface area contributed by atoms with Gasteiger partial charge in [-0.25, -0.2) is 4.39 Å². The van der Waals surface area contributed by atoms with E-state index in [4.69, 9.17) is 16.2 Å². The third kappa shape index (κ3) is 3.67. The van der Waals surface area contributed by atoms with Crippen LogP contribution >= 0.6 is 0 Å². The second-order valence-electron chi connectivity index (χ2n) is 3.52. The summed E-state index contributed by atoms with van der Waals surface area (Å²) in [5, 5.41) is 10.4. The molecular weight excluding hydrogens is 245 g/mol. The maximum Gasteiger partial charge on any atom is 0.272 e. The van der Waals surface area contributed by atoms with Gasteiger partial charge in [0.1, 0.15) is 0 Å². The van der Waals surface area contributed by atoms with Crippen molar-refractivity contribution >= 4 is 11.6 Å². The molecule has 1 amide bonds. The molecule has 0 radical (unpaired) electrons. The number of nitrogens with two attached hydrogens (primary N) is 2. The summed E-state index contributed by atoms with van der Waals surface area (Å²) in [4.78, 5) is 20.3. The minimum atomic E-state index is -0.869. The summed E-state index contributed by atoms with van der Waals surface area (Å²) in [5.41, 5.74) is 9.91. The highest BCUT2D eigenvalue weighted by molar-refractivity contribution is 5.79. The second kappa shape index (κ2) is 5.92. The van der Waals surface area contributed by atoms with E-state index in [9.17, 15) is 19.3 Å². The normalized spacial score (nSPS) is 11.9. The number of amides is 1. The fraction of sp³-hybridized carbons (Fsp3) is 0.300. The summed E-state index contributed by atoms with van der Waals surface area (Å²) in [6.45, 7) is -0.0150. The van der Waals surface area contributed by atoms with Gasteiger partial charge in [0.15, 0.2) is 11.6 Å². The average Bonchev–Trinajstić information content (AvgIpc) is 2.30. The van der Waals surface area contributed by atoms with Gasteiger partial charge in [-0.05, 0) is 6.07 Å². The number of carbonyl (C=O) groups excluding carboxylic acids is 1. The second-order valence-corrected chi connectivity index (χ2v) is 3.52. The molecule has 1 aromatic rings. The molecule has 0 aliphatic rings. The fourth-order valence-electron chi connectivity index (χ4n) is 1.16. The first-order valence-electron chi connectivity index (χ1n) is 5.03. The Balaban J connectivity index is 2.58. The first kappa shape index (κ1) is 13.8. The van der Waals surface area contributed by atoms with Crippen LogP contribution in [-0.4, -0.2) is 23.5 Å². The number of carbonyl (C=O) groups is 1. The van der Waals surface area contributed by atoms with Gasteiger partial charge in [-0.2, -0.15) is 0 Å². The molecule has 0 aromatic heterocycles. The molecule has 0 spiro atoms. The van der Waals surface area contributed by atoms with Crippen LogP contribution in [0, 0.1) is 15.9 Å². The lowest BCUT2D eigenvalue weighted by Crippen LogP contribution is -2.37. The van der Waals surface area contributed by atoms with Gasteiger partial charge >= 0.3 is 0 Å². The van der Waals surface area contributed by atoms with Gasteiger partial charge in [0.05, 0.1) is 23.6 Å². The zero-order valence-corrected chi connectivity index (χ0v) is 9.34. The Labute approximate surface area is 102 Å². The number of benzene rings is 1.